The van der Waals surface area contributed by atoms with E-state index in [1.54, 1.807) is 19.9 Å². The largest absolute Gasteiger partial charge is 0.383 e. The molecule has 0 atom stereocenters. The predicted molar refractivity (Wildman–Crippen MR) is 76.6 cm³/mol. The maximum atomic E-state index is 11.6. The van der Waals surface area contributed by atoms with Gasteiger partial charge in [-0.1, -0.05) is 17.7 Å². The molecule has 0 radical (unpaired) electrons. The van der Waals surface area contributed by atoms with Crippen molar-refractivity contribution in [1.82, 2.24) is 0 Å². The van der Waals surface area contributed by atoms with Gasteiger partial charge in [0.15, 0.2) is 9.84 Å². The van der Waals surface area contributed by atoms with Gasteiger partial charge in [0.2, 0.25) is 0 Å². The van der Waals surface area contributed by atoms with Gasteiger partial charge in [0, 0.05) is 12.2 Å². The van der Waals surface area contributed by atoms with Crippen LogP contribution in [0.25, 0.3) is 0 Å². The van der Waals surface area contributed by atoms with Crippen LogP contribution in [0.4, 0.5) is 5.69 Å². The first-order valence-electron chi connectivity index (χ1n) is 5.24. The molecule has 17 heavy (non-hydrogen) atoms. The molecule has 0 saturated carbocycles. The first-order chi connectivity index (χ1) is 7.84. The molecule has 1 aromatic carbocycles. The van der Waals surface area contributed by atoms with E-state index in [4.69, 9.17) is 11.6 Å². The molecule has 96 valence electrons. The van der Waals surface area contributed by atoms with E-state index >= 15 is 0 Å². The normalized spacial score (nSPS) is 11.8. The highest BCUT2D eigenvalue weighted by Gasteiger charge is 2.15. The Hall–Kier alpha value is -0.260. The highest BCUT2D eigenvalue weighted by molar-refractivity contribution is 9.10. The molecule has 6 heteroatoms. The summed E-state index contributed by atoms with van der Waals surface area (Å²) in [6.45, 7) is 3.74. The van der Waals surface area contributed by atoms with E-state index in [0.717, 1.165) is 10.2 Å². The van der Waals surface area contributed by atoms with Crippen LogP contribution in [0.2, 0.25) is 5.02 Å². The van der Waals surface area contributed by atoms with Crippen molar-refractivity contribution in [2.45, 2.75) is 19.1 Å². The molecule has 3 nitrogen and oxygen atoms in total. The van der Waals surface area contributed by atoms with Crippen molar-refractivity contribution < 1.29 is 8.42 Å². The third-order valence-corrected chi connectivity index (χ3v) is 5.98. The van der Waals surface area contributed by atoms with Crippen molar-refractivity contribution in [3.63, 3.8) is 0 Å². The molecular weight excluding hydrogens is 326 g/mol. The van der Waals surface area contributed by atoms with Crippen molar-refractivity contribution >= 4 is 43.1 Å². The SMILES string of the molecule is CC(C)S(=O)(=O)CCNc1cccc(Cl)c1Br. The summed E-state index contributed by atoms with van der Waals surface area (Å²) in [6, 6.07) is 5.42. The number of sulfone groups is 1. The zero-order valence-corrected chi connectivity index (χ0v) is 12.9. The molecule has 0 unspecified atom stereocenters. The molecule has 1 rings (SSSR count). The number of anilines is 1. The van der Waals surface area contributed by atoms with Crippen LogP contribution in [0.1, 0.15) is 13.8 Å². The lowest BCUT2D eigenvalue weighted by Gasteiger charge is -2.11. The van der Waals surface area contributed by atoms with Gasteiger partial charge in [0.25, 0.3) is 0 Å². The third-order valence-electron chi connectivity index (χ3n) is 2.37. The van der Waals surface area contributed by atoms with Gasteiger partial charge in [-0.15, -0.1) is 0 Å². The van der Waals surface area contributed by atoms with Gasteiger partial charge >= 0.3 is 0 Å². The van der Waals surface area contributed by atoms with Gasteiger partial charge in [-0.3, -0.25) is 0 Å². The van der Waals surface area contributed by atoms with Crippen LogP contribution >= 0.6 is 27.5 Å². The number of nitrogens with one attached hydrogen (secondary N) is 1. The van der Waals surface area contributed by atoms with Crippen molar-refractivity contribution in [1.29, 1.82) is 0 Å². The van der Waals surface area contributed by atoms with E-state index in [-0.39, 0.29) is 11.0 Å². The van der Waals surface area contributed by atoms with E-state index in [2.05, 4.69) is 21.2 Å². The number of benzene rings is 1. The molecule has 0 aliphatic rings. The van der Waals surface area contributed by atoms with Crippen LogP contribution in [0.3, 0.4) is 0 Å². The van der Waals surface area contributed by atoms with E-state index in [0.29, 0.717) is 11.6 Å². The molecule has 0 aromatic heterocycles. The van der Waals surface area contributed by atoms with E-state index < -0.39 is 9.84 Å². The van der Waals surface area contributed by atoms with Crippen LogP contribution in [0, 0.1) is 0 Å². The smallest absolute Gasteiger partial charge is 0.154 e. The maximum Gasteiger partial charge on any atom is 0.154 e. The van der Waals surface area contributed by atoms with Crippen molar-refractivity contribution in [3.8, 4) is 0 Å². The van der Waals surface area contributed by atoms with Gasteiger partial charge < -0.3 is 5.32 Å². The Balaban J connectivity index is 2.61. The molecule has 0 spiro atoms. The lowest BCUT2D eigenvalue weighted by atomic mass is 10.3. The summed E-state index contributed by atoms with van der Waals surface area (Å²) in [5.41, 5.74) is 0.802. The van der Waals surface area contributed by atoms with Crippen molar-refractivity contribution in [2.75, 3.05) is 17.6 Å². The molecule has 0 amide bonds. The summed E-state index contributed by atoms with van der Waals surface area (Å²) in [6.07, 6.45) is 0. The Labute approximate surface area is 116 Å². The Morgan fingerprint density at radius 2 is 2.06 bits per heavy atom. The lowest BCUT2D eigenvalue weighted by Crippen LogP contribution is -2.23. The fourth-order valence-corrected chi connectivity index (χ4v) is 2.64. The van der Waals surface area contributed by atoms with Crippen LogP contribution in [0.15, 0.2) is 22.7 Å². The van der Waals surface area contributed by atoms with Gasteiger partial charge in [0.05, 0.1) is 20.5 Å². The summed E-state index contributed by atoms with van der Waals surface area (Å²) in [5.74, 6) is 0.115. The standard InChI is InChI=1S/C11H15BrClNO2S/c1-8(2)17(15,16)7-6-14-10-5-3-4-9(13)11(10)12/h3-5,8,14H,6-7H2,1-2H3. The summed E-state index contributed by atoms with van der Waals surface area (Å²) < 4.78 is 23.9. The Kier molecular flexibility index (Phi) is 5.28. The third kappa shape index (κ3) is 4.16. The molecule has 0 aliphatic carbocycles. The minimum Gasteiger partial charge on any atom is -0.383 e. The Bertz CT molecular complexity index is 488. The summed E-state index contributed by atoms with van der Waals surface area (Å²) >= 11 is 9.27. The second-order valence-corrected chi connectivity index (χ2v) is 7.82. The van der Waals surface area contributed by atoms with E-state index in [1.165, 1.54) is 0 Å². The van der Waals surface area contributed by atoms with Crippen LogP contribution < -0.4 is 5.32 Å². The maximum absolute atomic E-state index is 11.6. The number of hydrogen-bond donors (Lipinski definition) is 1. The minimum absolute atomic E-state index is 0.115. The summed E-state index contributed by atoms with van der Waals surface area (Å²) in [7, 11) is -3.00. The summed E-state index contributed by atoms with van der Waals surface area (Å²) in [4.78, 5) is 0. The number of halogens is 2. The van der Waals surface area contributed by atoms with Crippen LogP contribution in [0.5, 0.6) is 0 Å². The topological polar surface area (TPSA) is 46.2 Å². The van der Waals surface area contributed by atoms with Gasteiger partial charge in [-0.05, 0) is 41.9 Å². The molecule has 0 saturated heterocycles. The molecule has 0 bridgehead atoms. The summed E-state index contributed by atoms with van der Waals surface area (Å²) in [5, 5.41) is 3.31. The van der Waals surface area contributed by atoms with Crippen molar-refractivity contribution in [3.05, 3.63) is 27.7 Å². The lowest BCUT2D eigenvalue weighted by molar-refractivity contribution is 0.588. The van der Waals surface area contributed by atoms with Crippen LogP contribution in [-0.4, -0.2) is 26.0 Å². The van der Waals surface area contributed by atoms with E-state index in [1.807, 2.05) is 12.1 Å². The second-order valence-electron chi connectivity index (χ2n) is 3.94. The molecule has 0 heterocycles. The molecule has 1 N–H and O–H groups in total. The number of hydrogen-bond acceptors (Lipinski definition) is 3. The molecule has 0 fully saturated rings. The zero-order valence-electron chi connectivity index (χ0n) is 9.70. The highest BCUT2D eigenvalue weighted by atomic mass is 79.9. The minimum atomic E-state index is -3.00. The molecule has 1 aromatic rings. The van der Waals surface area contributed by atoms with Crippen molar-refractivity contribution in [2.24, 2.45) is 0 Å². The fourth-order valence-electron chi connectivity index (χ4n) is 1.20. The first kappa shape index (κ1) is 14.8. The Morgan fingerprint density at radius 1 is 1.41 bits per heavy atom. The highest BCUT2D eigenvalue weighted by Crippen LogP contribution is 2.29. The predicted octanol–water partition coefficient (Wildman–Crippen LogP) is 3.34. The van der Waals surface area contributed by atoms with Gasteiger partial charge in [0.1, 0.15) is 0 Å². The zero-order chi connectivity index (χ0) is 13.1. The van der Waals surface area contributed by atoms with E-state index in [9.17, 15) is 8.42 Å². The quantitative estimate of drug-likeness (QED) is 0.894. The Morgan fingerprint density at radius 3 is 2.65 bits per heavy atom. The van der Waals surface area contributed by atoms with Crippen LogP contribution in [-0.2, 0) is 9.84 Å². The molecule has 0 aliphatic heterocycles. The average Bonchev–Trinajstić information content (AvgIpc) is 2.24. The molecular formula is C11H15BrClNO2S. The van der Waals surface area contributed by atoms with Gasteiger partial charge in [-0.25, -0.2) is 8.42 Å². The average molecular weight is 341 g/mol. The second kappa shape index (κ2) is 6.07. The monoisotopic (exact) mass is 339 g/mol. The first-order valence-corrected chi connectivity index (χ1v) is 8.12. The van der Waals surface area contributed by atoms with Gasteiger partial charge in [-0.2, -0.15) is 0 Å². The number of rotatable bonds is 5. The fraction of sp³-hybridized carbons (Fsp3) is 0.455.